The van der Waals surface area contributed by atoms with E-state index >= 15 is 0 Å². The zero-order valence-electron chi connectivity index (χ0n) is 21.3. The number of hydrogen-bond acceptors (Lipinski definition) is 4. The first-order valence-electron chi connectivity index (χ1n) is 12.2. The van der Waals surface area contributed by atoms with E-state index in [4.69, 9.17) is 4.98 Å². The molecule has 192 valence electrons. The van der Waals surface area contributed by atoms with Crippen LogP contribution in [0, 0.1) is 6.07 Å². The molecule has 6 rings (SSSR count). The quantitative estimate of drug-likeness (QED) is 0.189. The van der Waals surface area contributed by atoms with E-state index < -0.39 is 0 Å². The number of rotatable bonds is 4. The molecule has 0 saturated heterocycles. The Kier molecular flexibility index (Phi) is 7.17. The number of pyridine rings is 2. The van der Waals surface area contributed by atoms with Gasteiger partial charge in [0.1, 0.15) is 11.4 Å². The largest absolute Gasteiger partial charge is 0.506 e. The SMILES string of the molecule is CC(C)(C)c1cc(Sc2ccccn2)[c-]c(-c2ccc3c4ccccc4n(-c4ccccc4O)c3n2)c1.[Pt]. The molecule has 0 radical (unpaired) electrons. The van der Waals surface area contributed by atoms with Crippen LogP contribution in [-0.2, 0) is 26.5 Å². The van der Waals surface area contributed by atoms with Crippen LogP contribution in [0.5, 0.6) is 5.75 Å². The van der Waals surface area contributed by atoms with Gasteiger partial charge in [-0.25, -0.2) is 4.98 Å². The van der Waals surface area contributed by atoms with Gasteiger partial charge in [0, 0.05) is 38.0 Å². The van der Waals surface area contributed by atoms with Crippen LogP contribution in [0.1, 0.15) is 26.3 Å². The zero-order chi connectivity index (χ0) is 25.6. The Morgan fingerprint density at radius 3 is 2.37 bits per heavy atom. The van der Waals surface area contributed by atoms with Gasteiger partial charge in [0.15, 0.2) is 0 Å². The fraction of sp³-hybridized carbons (Fsp3) is 0.125. The Hall–Kier alpha value is -3.40. The number of fused-ring (bicyclic) bond motifs is 3. The van der Waals surface area contributed by atoms with Crippen LogP contribution >= 0.6 is 11.8 Å². The van der Waals surface area contributed by atoms with Crippen LogP contribution in [0.15, 0.2) is 107 Å². The van der Waals surface area contributed by atoms with E-state index in [0.717, 1.165) is 43.1 Å². The number of phenols is 1. The predicted molar refractivity (Wildman–Crippen MR) is 152 cm³/mol. The maximum absolute atomic E-state index is 10.7. The van der Waals surface area contributed by atoms with Crippen molar-refractivity contribution < 1.29 is 26.2 Å². The van der Waals surface area contributed by atoms with Crippen molar-refractivity contribution in [1.29, 1.82) is 0 Å². The number of nitrogens with zero attached hydrogens (tertiary/aromatic N) is 3. The second kappa shape index (κ2) is 10.4. The zero-order valence-corrected chi connectivity index (χ0v) is 24.3. The number of para-hydroxylation sites is 3. The number of hydrogen-bond donors (Lipinski definition) is 1. The third-order valence-corrected chi connectivity index (χ3v) is 7.37. The van der Waals surface area contributed by atoms with Gasteiger partial charge in [0.05, 0.1) is 16.2 Å². The Labute approximate surface area is 241 Å². The smallest absolute Gasteiger partial charge is 0.139 e. The van der Waals surface area contributed by atoms with Gasteiger partial charge in [0.2, 0.25) is 0 Å². The average Bonchev–Trinajstić information content (AvgIpc) is 3.22. The van der Waals surface area contributed by atoms with Crippen molar-refractivity contribution in [3.8, 4) is 22.7 Å². The summed E-state index contributed by atoms with van der Waals surface area (Å²) in [7, 11) is 0. The summed E-state index contributed by atoms with van der Waals surface area (Å²) < 4.78 is 2.04. The molecular formula is C32H26N3OPtS-. The molecule has 0 fully saturated rings. The van der Waals surface area contributed by atoms with Crippen molar-refractivity contribution >= 4 is 33.7 Å². The molecule has 0 aliphatic heterocycles. The maximum Gasteiger partial charge on any atom is 0.139 e. The molecule has 4 nitrogen and oxygen atoms in total. The van der Waals surface area contributed by atoms with Gasteiger partial charge < -0.3 is 5.11 Å². The first-order chi connectivity index (χ1) is 17.9. The number of phenolic OH excluding ortho intramolecular Hbond substituents is 1. The molecule has 0 aliphatic carbocycles. The molecule has 0 spiro atoms. The minimum Gasteiger partial charge on any atom is -0.506 e. The number of aromatic nitrogens is 3. The molecule has 6 aromatic rings. The Balaban J connectivity index is 0.00000294. The number of benzene rings is 3. The molecule has 0 atom stereocenters. The molecule has 3 heterocycles. The van der Waals surface area contributed by atoms with Gasteiger partial charge in [-0.2, -0.15) is 0 Å². The second-order valence-electron chi connectivity index (χ2n) is 10.1. The maximum atomic E-state index is 10.7. The van der Waals surface area contributed by atoms with Crippen LogP contribution in [0.25, 0.3) is 38.9 Å². The molecule has 0 saturated carbocycles. The van der Waals surface area contributed by atoms with Crippen LogP contribution in [0.3, 0.4) is 0 Å². The van der Waals surface area contributed by atoms with Gasteiger partial charge in [0.25, 0.3) is 0 Å². The van der Waals surface area contributed by atoms with Gasteiger partial charge in [-0.1, -0.05) is 86.0 Å². The summed E-state index contributed by atoms with van der Waals surface area (Å²) >= 11 is 1.60. The van der Waals surface area contributed by atoms with E-state index in [-0.39, 0.29) is 32.2 Å². The Bertz CT molecular complexity index is 1760. The van der Waals surface area contributed by atoms with Crippen LogP contribution < -0.4 is 0 Å². The minimum atomic E-state index is -0.0435. The van der Waals surface area contributed by atoms with Crippen molar-refractivity contribution in [2.45, 2.75) is 36.1 Å². The summed E-state index contributed by atoms with van der Waals surface area (Å²) in [4.78, 5) is 10.7. The summed E-state index contributed by atoms with van der Waals surface area (Å²) in [6.45, 7) is 6.65. The fourth-order valence-electron chi connectivity index (χ4n) is 4.58. The van der Waals surface area contributed by atoms with E-state index in [1.807, 2.05) is 59.3 Å². The van der Waals surface area contributed by atoms with Crippen molar-refractivity contribution in [3.05, 3.63) is 109 Å². The van der Waals surface area contributed by atoms with Crippen molar-refractivity contribution in [2.24, 2.45) is 0 Å². The van der Waals surface area contributed by atoms with E-state index in [2.05, 4.69) is 68.2 Å². The average molecular weight is 696 g/mol. The predicted octanol–water partition coefficient (Wildman–Crippen LogP) is 8.19. The summed E-state index contributed by atoms with van der Waals surface area (Å²) in [5.41, 5.74) is 5.44. The molecule has 6 heteroatoms. The van der Waals surface area contributed by atoms with E-state index in [1.165, 1.54) is 5.56 Å². The molecular weight excluding hydrogens is 670 g/mol. The molecule has 0 unspecified atom stereocenters. The van der Waals surface area contributed by atoms with Crippen LogP contribution in [0.4, 0.5) is 0 Å². The monoisotopic (exact) mass is 695 g/mol. The summed E-state index contributed by atoms with van der Waals surface area (Å²) in [6, 6.07) is 33.7. The summed E-state index contributed by atoms with van der Waals surface area (Å²) in [5, 5.41) is 13.8. The van der Waals surface area contributed by atoms with E-state index in [1.54, 1.807) is 17.8 Å². The number of aromatic hydroxyl groups is 1. The third kappa shape index (κ3) is 4.89. The minimum absolute atomic E-state index is 0. The molecule has 0 amide bonds. The topological polar surface area (TPSA) is 50.9 Å². The molecule has 38 heavy (non-hydrogen) atoms. The van der Waals surface area contributed by atoms with Gasteiger partial charge in [-0.3, -0.25) is 9.55 Å². The van der Waals surface area contributed by atoms with Gasteiger partial charge >= 0.3 is 0 Å². The van der Waals surface area contributed by atoms with E-state index in [9.17, 15) is 5.11 Å². The Morgan fingerprint density at radius 2 is 1.61 bits per heavy atom. The normalized spacial score (nSPS) is 11.6. The van der Waals surface area contributed by atoms with Crippen molar-refractivity contribution in [3.63, 3.8) is 0 Å². The summed E-state index contributed by atoms with van der Waals surface area (Å²) in [6.07, 6.45) is 1.81. The summed E-state index contributed by atoms with van der Waals surface area (Å²) in [5.74, 6) is 0.215. The van der Waals surface area contributed by atoms with Gasteiger partial charge in [-0.15, -0.1) is 29.3 Å². The first kappa shape index (κ1) is 26.2. The molecule has 3 aromatic carbocycles. The van der Waals surface area contributed by atoms with Crippen LogP contribution in [-0.4, -0.2) is 19.6 Å². The standard InChI is InChI=1S/C32H26N3OS.Pt/c1-32(2,3)22-18-21(19-23(20-22)37-30-14-8-9-17-33-30)26-16-15-25-24-10-4-5-11-27(24)35(31(25)34-26)28-12-6-7-13-29(28)36;/h4-18,20,36H,1-3H3;/q-1;. The molecule has 0 aliphatic rings. The van der Waals surface area contributed by atoms with Crippen LogP contribution in [0.2, 0.25) is 0 Å². The molecule has 0 bridgehead atoms. The molecule has 1 N–H and O–H groups in total. The third-order valence-electron chi connectivity index (χ3n) is 6.48. The molecule has 3 aromatic heterocycles. The van der Waals surface area contributed by atoms with Crippen molar-refractivity contribution in [1.82, 2.24) is 14.5 Å². The Morgan fingerprint density at radius 1 is 0.842 bits per heavy atom. The van der Waals surface area contributed by atoms with Crippen molar-refractivity contribution in [2.75, 3.05) is 0 Å². The second-order valence-corrected chi connectivity index (χ2v) is 11.1. The fourth-order valence-corrected chi connectivity index (χ4v) is 5.41. The van der Waals surface area contributed by atoms with Gasteiger partial charge in [-0.05, 0) is 41.4 Å². The first-order valence-corrected chi connectivity index (χ1v) is 13.1. The van der Waals surface area contributed by atoms with E-state index in [0.29, 0.717) is 5.69 Å².